The predicted octanol–water partition coefficient (Wildman–Crippen LogP) is 2.78. The standard InChI is InChI=1S/C11H9ClN2O2S/c1-17-11-13-7-5-9-8(15-2-3-16-9)4-6(7)10(12)14-11/h4-5H,2-3H2,1H3. The van der Waals surface area contributed by atoms with E-state index >= 15 is 0 Å². The van der Waals surface area contributed by atoms with Gasteiger partial charge in [-0.05, 0) is 12.3 Å². The molecule has 1 aliphatic heterocycles. The number of fused-ring (bicyclic) bond motifs is 2. The highest BCUT2D eigenvalue weighted by Crippen LogP contribution is 2.36. The molecule has 0 unspecified atom stereocenters. The van der Waals surface area contributed by atoms with Crippen LogP contribution >= 0.6 is 23.4 Å². The average Bonchev–Trinajstić information content (AvgIpc) is 2.36. The first-order valence-corrected chi connectivity index (χ1v) is 6.69. The summed E-state index contributed by atoms with van der Waals surface area (Å²) in [4.78, 5) is 8.58. The van der Waals surface area contributed by atoms with Crippen molar-refractivity contribution in [3.63, 3.8) is 0 Å². The Balaban J connectivity index is 2.26. The van der Waals surface area contributed by atoms with E-state index in [4.69, 9.17) is 21.1 Å². The normalized spacial score (nSPS) is 14.0. The van der Waals surface area contributed by atoms with E-state index < -0.39 is 0 Å². The van der Waals surface area contributed by atoms with Gasteiger partial charge in [0.05, 0.1) is 5.52 Å². The van der Waals surface area contributed by atoms with E-state index in [0.29, 0.717) is 35.0 Å². The number of rotatable bonds is 1. The molecule has 3 rings (SSSR count). The average molecular weight is 269 g/mol. The van der Waals surface area contributed by atoms with Crippen molar-refractivity contribution in [1.82, 2.24) is 9.97 Å². The van der Waals surface area contributed by atoms with Crippen LogP contribution in [0.3, 0.4) is 0 Å². The van der Waals surface area contributed by atoms with Crippen LogP contribution in [0.25, 0.3) is 10.9 Å². The maximum Gasteiger partial charge on any atom is 0.189 e. The van der Waals surface area contributed by atoms with Gasteiger partial charge in [-0.25, -0.2) is 9.97 Å². The number of nitrogens with zero attached hydrogens (tertiary/aromatic N) is 2. The fourth-order valence-corrected chi connectivity index (χ4v) is 2.35. The van der Waals surface area contributed by atoms with Crippen LogP contribution in [0.4, 0.5) is 0 Å². The summed E-state index contributed by atoms with van der Waals surface area (Å²) in [5, 5.41) is 1.88. The number of halogens is 1. The summed E-state index contributed by atoms with van der Waals surface area (Å²) >= 11 is 7.58. The van der Waals surface area contributed by atoms with Crippen molar-refractivity contribution in [2.75, 3.05) is 19.5 Å². The smallest absolute Gasteiger partial charge is 0.189 e. The molecule has 0 radical (unpaired) electrons. The number of aromatic nitrogens is 2. The van der Waals surface area contributed by atoms with Crippen molar-refractivity contribution < 1.29 is 9.47 Å². The Bertz CT molecular complexity index is 591. The minimum Gasteiger partial charge on any atom is -0.486 e. The Kier molecular flexibility index (Phi) is 2.72. The van der Waals surface area contributed by atoms with Crippen LogP contribution < -0.4 is 9.47 Å². The van der Waals surface area contributed by atoms with Crippen molar-refractivity contribution in [3.05, 3.63) is 17.3 Å². The molecule has 1 aromatic heterocycles. The second kappa shape index (κ2) is 4.23. The second-order valence-corrected chi connectivity index (χ2v) is 4.65. The van der Waals surface area contributed by atoms with E-state index in [-0.39, 0.29) is 0 Å². The molecule has 0 bridgehead atoms. The van der Waals surface area contributed by atoms with Gasteiger partial charge in [-0.3, -0.25) is 0 Å². The van der Waals surface area contributed by atoms with Gasteiger partial charge in [0.15, 0.2) is 16.7 Å². The molecule has 0 spiro atoms. The Labute approximate surface area is 107 Å². The third kappa shape index (κ3) is 1.89. The minimum absolute atomic E-state index is 0.441. The minimum atomic E-state index is 0.441. The largest absolute Gasteiger partial charge is 0.486 e. The molecule has 0 N–H and O–H groups in total. The van der Waals surface area contributed by atoms with E-state index in [1.807, 2.05) is 18.4 Å². The Morgan fingerprint density at radius 2 is 1.88 bits per heavy atom. The number of ether oxygens (including phenoxy) is 2. The summed E-state index contributed by atoms with van der Waals surface area (Å²) in [5.74, 6) is 1.41. The third-order valence-electron chi connectivity index (χ3n) is 2.48. The quantitative estimate of drug-likeness (QED) is 0.452. The second-order valence-electron chi connectivity index (χ2n) is 3.51. The predicted molar refractivity (Wildman–Crippen MR) is 67.3 cm³/mol. The summed E-state index contributed by atoms with van der Waals surface area (Å²) in [6.45, 7) is 1.12. The lowest BCUT2D eigenvalue weighted by Gasteiger charge is -2.18. The van der Waals surface area contributed by atoms with E-state index in [1.165, 1.54) is 11.8 Å². The van der Waals surface area contributed by atoms with Gasteiger partial charge in [-0.1, -0.05) is 23.4 Å². The molecule has 0 saturated carbocycles. The van der Waals surface area contributed by atoms with Crippen molar-refractivity contribution >= 4 is 34.3 Å². The maximum atomic E-state index is 6.12. The first-order chi connectivity index (χ1) is 8.28. The number of thioether (sulfide) groups is 1. The molecule has 1 aliphatic rings. The highest BCUT2D eigenvalue weighted by molar-refractivity contribution is 7.98. The molecule has 2 heterocycles. The van der Waals surface area contributed by atoms with Crippen LogP contribution in [0.2, 0.25) is 5.15 Å². The summed E-state index contributed by atoms with van der Waals surface area (Å²) in [6, 6.07) is 3.67. The van der Waals surface area contributed by atoms with Crippen molar-refractivity contribution in [3.8, 4) is 11.5 Å². The topological polar surface area (TPSA) is 44.2 Å². The highest BCUT2D eigenvalue weighted by Gasteiger charge is 2.15. The van der Waals surface area contributed by atoms with E-state index in [9.17, 15) is 0 Å². The van der Waals surface area contributed by atoms with Gasteiger partial charge in [0.1, 0.15) is 18.4 Å². The fourth-order valence-electron chi connectivity index (χ4n) is 1.70. The Morgan fingerprint density at radius 1 is 1.18 bits per heavy atom. The molecule has 6 heteroatoms. The van der Waals surface area contributed by atoms with Crippen molar-refractivity contribution in [2.24, 2.45) is 0 Å². The van der Waals surface area contributed by atoms with Gasteiger partial charge in [-0.2, -0.15) is 0 Å². The first-order valence-electron chi connectivity index (χ1n) is 5.09. The van der Waals surface area contributed by atoms with Crippen molar-refractivity contribution in [1.29, 1.82) is 0 Å². The van der Waals surface area contributed by atoms with Crippen LogP contribution in [0.15, 0.2) is 17.3 Å². The molecule has 0 atom stereocenters. The van der Waals surface area contributed by atoms with Crippen LogP contribution in [0, 0.1) is 0 Å². The number of hydrogen-bond acceptors (Lipinski definition) is 5. The molecule has 88 valence electrons. The van der Waals surface area contributed by atoms with Crippen LogP contribution in [-0.2, 0) is 0 Å². The van der Waals surface area contributed by atoms with Crippen LogP contribution in [0.1, 0.15) is 0 Å². The SMILES string of the molecule is CSc1nc(Cl)c2cc3c(cc2n1)OCCO3. The monoisotopic (exact) mass is 268 g/mol. The van der Waals surface area contributed by atoms with Crippen LogP contribution in [0.5, 0.6) is 11.5 Å². The summed E-state index contributed by atoms with van der Waals surface area (Å²) < 4.78 is 11.0. The van der Waals surface area contributed by atoms with Gasteiger partial charge in [0, 0.05) is 11.5 Å². The molecule has 0 saturated heterocycles. The zero-order chi connectivity index (χ0) is 11.8. The zero-order valence-electron chi connectivity index (χ0n) is 9.07. The van der Waals surface area contributed by atoms with Gasteiger partial charge in [0.25, 0.3) is 0 Å². The lowest BCUT2D eigenvalue weighted by Crippen LogP contribution is -2.15. The van der Waals surface area contributed by atoms with Gasteiger partial charge < -0.3 is 9.47 Å². The fraction of sp³-hybridized carbons (Fsp3) is 0.273. The lowest BCUT2D eigenvalue weighted by atomic mass is 10.2. The molecule has 1 aromatic carbocycles. The molecule has 0 aliphatic carbocycles. The lowest BCUT2D eigenvalue weighted by molar-refractivity contribution is 0.172. The Morgan fingerprint density at radius 3 is 2.59 bits per heavy atom. The van der Waals surface area contributed by atoms with E-state index in [0.717, 1.165) is 10.9 Å². The van der Waals surface area contributed by atoms with E-state index in [2.05, 4.69) is 9.97 Å². The summed E-state index contributed by atoms with van der Waals surface area (Å²) in [5.41, 5.74) is 0.776. The van der Waals surface area contributed by atoms with Gasteiger partial charge >= 0.3 is 0 Å². The van der Waals surface area contributed by atoms with Crippen molar-refractivity contribution in [2.45, 2.75) is 5.16 Å². The molecule has 0 amide bonds. The number of benzene rings is 1. The number of hydrogen-bond donors (Lipinski definition) is 0. The molecular formula is C11H9ClN2O2S. The first kappa shape index (κ1) is 10.9. The molecule has 0 fully saturated rings. The van der Waals surface area contributed by atoms with Crippen LogP contribution in [-0.4, -0.2) is 29.4 Å². The molecular weight excluding hydrogens is 260 g/mol. The maximum absolute atomic E-state index is 6.12. The van der Waals surface area contributed by atoms with Gasteiger partial charge in [0.2, 0.25) is 0 Å². The van der Waals surface area contributed by atoms with E-state index in [1.54, 1.807) is 0 Å². The summed E-state index contributed by atoms with van der Waals surface area (Å²) in [6.07, 6.45) is 1.91. The molecule has 17 heavy (non-hydrogen) atoms. The molecule has 4 nitrogen and oxygen atoms in total. The highest BCUT2D eigenvalue weighted by atomic mass is 35.5. The Hall–Kier alpha value is -1.20. The summed E-state index contributed by atoms with van der Waals surface area (Å²) in [7, 11) is 0. The molecule has 2 aromatic rings. The van der Waals surface area contributed by atoms with Gasteiger partial charge in [-0.15, -0.1) is 0 Å². The third-order valence-corrected chi connectivity index (χ3v) is 3.31. The zero-order valence-corrected chi connectivity index (χ0v) is 10.6.